The summed E-state index contributed by atoms with van der Waals surface area (Å²) in [5.41, 5.74) is 4.30. The minimum Gasteiger partial charge on any atom is -0.488 e. The first-order valence-electron chi connectivity index (χ1n) is 10.9. The third-order valence-corrected chi connectivity index (χ3v) is 6.95. The standard InChI is InChI=1S/C27H23BrN2O4S/c1-17-7-6-10-22(18(17)2)29-25(31)15-30-26(32)24(35-27(30)33)14-20-13-21(28)11-12-23(20)34-16-19-8-4-3-5-9-19/h3-14H,15-16H2,1-2H3,(H,29,31)/b24-14-. The number of rotatable bonds is 7. The Bertz CT molecular complexity index is 1320. The Morgan fingerprint density at radius 3 is 2.60 bits per heavy atom. The molecule has 0 bridgehead atoms. The van der Waals surface area contributed by atoms with Crippen LogP contribution in [-0.2, 0) is 16.2 Å². The van der Waals surface area contributed by atoms with Crippen LogP contribution in [0.4, 0.5) is 10.5 Å². The molecule has 3 amide bonds. The lowest BCUT2D eigenvalue weighted by Crippen LogP contribution is -2.36. The summed E-state index contributed by atoms with van der Waals surface area (Å²) in [6.07, 6.45) is 1.62. The van der Waals surface area contributed by atoms with E-state index in [0.29, 0.717) is 23.6 Å². The molecule has 0 radical (unpaired) electrons. The molecule has 0 spiro atoms. The van der Waals surface area contributed by atoms with Gasteiger partial charge >= 0.3 is 0 Å². The summed E-state index contributed by atoms with van der Waals surface area (Å²) < 4.78 is 6.79. The van der Waals surface area contributed by atoms with E-state index >= 15 is 0 Å². The van der Waals surface area contributed by atoms with E-state index in [1.54, 1.807) is 18.2 Å². The van der Waals surface area contributed by atoms with Crippen molar-refractivity contribution < 1.29 is 19.1 Å². The first-order chi connectivity index (χ1) is 16.8. The number of nitrogens with one attached hydrogen (secondary N) is 1. The highest BCUT2D eigenvalue weighted by Crippen LogP contribution is 2.35. The molecule has 0 aromatic heterocycles. The van der Waals surface area contributed by atoms with E-state index in [1.807, 2.05) is 68.4 Å². The van der Waals surface area contributed by atoms with Crippen molar-refractivity contribution in [3.8, 4) is 5.75 Å². The predicted molar refractivity (Wildman–Crippen MR) is 142 cm³/mol. The number of amides is 3. The second-order valence-corrected chi connectivity index (χ2v) is 9.93. The summed E-state index contributed by atoms with van der Waals surface area (Å²) in [5.74, 6) is -0.363. The van der Waals surface area contributed by atoms with Crippen LogP contribution in [0.5, 0.6) is 5.75 Å². The van der Waals surface area contributed by atoms with Crippen LogP contribution >= 0.6 is 27.7 Å². The van der Waals surface area contributed by atoms with E-state index in [2.05, 4.69) is 21.2 Å². The molecule has 0 atom stereocenters. The van der Waals surface area contributed by atoms with Gasteiger partial charge in [0.1, 0.15) is 18.9 Å². The van der Waals surface area contributed by atoms with Crippen LogP contribution in [0.3, 0.4) is 0 Å². The van der Waals surface area contributed by atoms with Crippen molar-refractivity contribution in [3.63, 3.8) is 0 Å². The van der Waals surface area contributed by atoms with E-state index in [1.165, 1.54) is 0 Å². The van der Waals surface area contributed by atoms with Crippen molar-refractivity contribution >= 4 is 56.5 Å². The Hall–Kier alpha value is -3.36. The fraction of sp³-hybridized carbons (Fsp3) is 0.148. The number of carbonyl (C=O) groups is 3. The molecule has 178 valence electrons. The fourth-order valence-corrected chi connectivity index (χ4v) is 4.70. The van der Waals surface area contributed by atoms with Gasteiger partial charge in [-0.25, -0.2) is 0 Å². The highest BCUT2D eigenvalue weighted by atomic mass is 79.9. The van der Waals surface area contributed by atoms with Crippen molar-refractivity contribution in [2.24, 2.45) is 0 Å². The van der Waals surface area contributed by atoms with Gasteiger partial charge in [-0.1, -0.05) is 58.4 Å². The third-order valence-electron chi connectivity index (χ3n) is 5.55. The molecule has 1 heterocycles. The Balaban J connectivity index is 1.49. The smallest absolute Gasteiger partial charge is 0.294 e. The van der Waals surface area contributed by atoms with Crippen molar-refractivity contribution in [2.75, 3.05) is 11.9 Å². The van der Waals surface area contributed by atoms with Crippen LogP contribution in [0.25, 0.3) is 6.08 Å². The summed E-state index contributed by atoms with van der Waals surface area (Å²) in [5, 5.41) is 2.31. The van der Waals surface area contributed by atoms with Crippen molar-refractivity contribution in [2.45, 2.75) is 20.5 Å². The quantitative estimate of drug-likeness (QED) is 0.348. The molecular weight excluding hydrogens is 528 g/mol. The first-order valence-corrected chi connectivity index (χ1v) is 12.5. The fourth-order valence-electron chi connectivity index (χ4n) is 3.50. The second-order valence-electron chi connectivity index (χ2n) is 8.02. The number of imide groups is 1. The van der Waals surface area contributed by atoms with E-state index in [0.717, 1.165) is 37.8 Å². The molecule has 1 N–H and O–H groups in total. The van der Waals surface area contributed by atoms with Crippen LogP contribution in [-0.4, -0.2) is 28.5 Å². The molecule has 3 aromatic rings. The van der Waals surface area contributed by atoms with Gasteiger partial charge in [0.2, 0.25) is 5.91 Å². The summed E-state index contributed by atoms with van der Waals surface area (Å²) in [7, 11) is 0. The van der Waals surface area contributed by atoms with Gasteiger partial charge < -0.3 is 10.1 Å². The SMILES string of the molecule is Cc1cccc(NC(=O)CN2C(=O)S/C(=C\c3cc(Br)ccc3OCc3ccccc3)C2=O)c1C. The van der Waals surface area contributed by atoms with E-state index in [4.69, 9.17) is 4.74 Å². The summed E-state index contributed by atoms with van der Waals surface area (Å²) in [4.78, 5) is 39.3. The molecule has 0 unspecified atom stereocenters. The Labute approximate surface area is 216 Å². The van der Waals surface area contributed by atoms with Gasteiger partial charge in [-0.05, 0) is 72.6 Å². The van der Waals surface area contributed by atoms with Crippen LogP contribution in [0, 0.1) is 13.8 Å². The number of hydrogen-bond acceptors (Lipinski definition) is 5. The van der Waals surface area contributed by atoms with Crippen LogP contribution in [0.2, 0.25) is 0 Å². The monoisotopic (exact) mass is 550 g/mol. The van der Waals surface area contributed by atoms with E-state index in [9.17, 15) is 14.4 Å². The molecule has 0 saturated carbocycles. The minimum atomic E-state index is -0.509. The summed E-state index contributed by atoms with van der Waals surface area (Å²) in [6, 6.07) is 20.8. The number of thioether (sulfide) groups is 1. The number of hydrogen-bond donors (Lipinski definition) is 1. The highest BCUT2D eigenvalue weighted by molar-refractivity contribution is 9.10. The van der Waals surface area contributed by atoms with E-state index in [-0.39, 0.29) is 11.4 Å². The number of halogens is 1. The van der Waals surface area contributed by atoms with Gasteiger partial charge in [-0.15, -0.1) is 0 Å². The van der Waals surface area contributed by atoms with E-state index < -0.39 is 17.1 Å². The molecule has 1 fully saturated rings. The molecule has 4 rings (SSSR count). The number of ether oxygens (including phenoxy) is 1. The maximum Gasteiger partial charge on any atom is 0.294 e. The Morgan fingerprint density at radius 2 is 1.83 bits per heavy atom. The number of carbonyl (C=O) groups excluding carboxylic acids is 3. The molecule has 1 aliphatic heterocycles. The van der Waals surface area contributed by atoms with Gasteiger partial charge in [0, 0.05) is 15.7 Å². The Morgan fingerprint density at radius 1 is 1.06 bits per heavy atom. The molecule has 8 heteroatoms. The minimum absolute atomic E-state index is 0.234. The molecule has 35 heavy (non-hydrogen) atoms. The number of aryl methyl sites for hydroxylation is 1. The average molecular weight is 551 g/mol. The molecule has 6 nitrogen and oxygen atoms in total. The molecular formula is C27H23BrN2O4S. The van der Waals surface area contributed by atoms with Crippen molar-refractivity contribution in [1.29, 1.82) is 0 Å². The zero-order valence-corrected chi connectivity index (χ0v) is 21.6. The van der Waals surface area contributed by atoms with Gasteiger partial charge in [0.15, 0.2) is 0 Å². The normalized spacial score (nSPS) is 14.5. The van der Waals surface area contributed by atoms with Gasteiger partial charge in [-0.3, -0.25) is 19.3 Å². The third kappa shape index (κ3) is 6.01. The maximum absolute atomic E-state index is 13.0. The predicted octanol–water partition coefficient (Wildman–Crippen LogP) is 6.32. The van der Waals surface area contributed by atoms with Crippen LogP contribution < -0.4 is 10.1 Å². The second kappa shape index (κ2) is 10.9. The Kier molecular flexibility index (Phi) is 7.73. The lowest BCUT2D eigenvalue weighted by molar-refractivity contribution is -0.127. The van der Waals surface area contributed by atoms with Crippen LogP contribution in [0.1, 0.15) is 22.3 Å². The number of benzene rings is 3. The zero-order chi connectivity index (χ0) is 24.9. The summed E-state index contributed by atoms with van der Waals surface area (Å²) >= 11 is 4.26. The first kappa shape index (κ1) is 24.8. The summed E-state index contributed by atoms with van der Waals surface area (Å²) in [6.45, 7) is 3.86. The van der Waals surface area contributed by atoms with Gasteiger partial charge in [-0.2, -0.15) is 0 Å². The van der Waals surface area contributed by atoms with Gasteiger partial charge in [0.25, 0.3) is 11.1 Å². The molecule has 3 aromatic carbocycles. The average Bonchev–Trinajstić information content (AvgIpc) is 3.09. The zero-order valence-electron chi connectivity index (χ0n) is 19.2. The molecule has 1 aliphatic rings. The molecule has 1 saturated heterocycles. The van der Waals surface area contributed by atoms with Crippen LogP contribution in [0.15, 0.2) is 76.1 Å². The topological polar surface area (TPSA) is 75.7 Å². The largest absolute Gasteiger partial charge is 0.488 e. The molecule has 0 aliphatic carbocycles. The number of anilines is 1. The van der Waals surface area contributed by atoms with Crippen molar-refractivity contribution in [1.82, 2.24) is 4.90 Å². The van der Waals surface area contributed by atoms with Crippen molar-refractivity contribution in [3.05, 3.63) is 98.4 Å². The van der Waals surface area contributed by atoms with Gasteiger partial charge in [0.05, 0.1) is 4.91 Å². The maximum atomic E-state index is 13.0. The number of nitrogens with zero attached hydrogens (tertiary/aromatic N) is 1. The lowest BCUT2D eigenvalue weighted by atomic mass is 10.1. The highest BCUT2D eigenvalue weighted by Gasteiger charge is 2.36. The lowest BCUT2D eigenvalue weighted by Gasteiger charge is -2.14.